The maximum Gasteiger partial charge on any atom is 0.271 e. The van der Waals surface area contributed by atoms with Crippen LogP contribution in [0.15, 0.2) is 12.3 Å². The van der Waals surface area contributed by atoms with Gasteiger partial charge in [0.1, 0.15) is 17.0 Å². The highest BCUT2D eigenvalue weighted by Gasteiger charge is 2.44. The van der Waals surface area contributed by atoms with E-state index in [1.807, 2.05) is 6.92 Å². The molecule has 88 valence electrons. The molecule has 1 aliphatic carbocycles. The van der Waals surface area contributed by atoms with Gasteiger partial charge in [-0.05, 0) is 19.8 Å². The van der Waals surface area contributed by atoms with E-state index in [2.05, 4.69) is 16.4 Å². The average molecular weight is 231 g/mol. The van der Waals surface area contributed by atoms with Crippen LogP contribution >= 0.6 is 0 Å². The van der Waals surface area contributed by atoms with E-state index in [1.54, 1.807) is 19.4 Å². The lowest BCUT2D eigenvalue weighted by Crippen LogP contribution is -2.36. The number of nitrogens with one attached hydrogen (secondary N) is 1. The molecule has 5 nitrogen and oxygen atoms in total. The van der Waals surface area contributed by atoms with Gasteiger partial charge >= 0.3 is 0 Å². The summed E-state index contributed by atoms with van der Waals surface area (Å²) < 4.78 is 5.12. The molecule has 1 heterocycles. The Morgan fingerprint density at radius 3 is 2.88 bits per heavy atom. The number of nitrogens with zero attached hydrogens (tertiary/aromatic N) is 2. The number of methoxy groups -OCH3 is 1. The standard InChI is InChI=1S/C12H13N3O2/c1-8-6-14-9(5-10(8)17-2)11(16)15-12(7-13)3-4-12/h5-6H,3-4H2,1-2H3,(H,15,16). The van der Waals surface area contributed by atoms with Gasteiger partial charge in [-0.2, -0.15) is 5.26 Å². The molecule has 0 aliphatic heterocycles. The van der Waals surface area contributed by atoms with E-state index < -0.39 is 5.54 Å². The van der Waals surface area contributed by atoms with Gasteiger partial charge in [0.05, 0.1) is 13.2 Å². The topological polar surface area (TPSA) is 75.0 Å². The van der Waals surface area contributed by atoms with Crippen molar-refractivity contribution in [3.8, 4) is 11.8 Å². The molecule has 1 aromatic heterocycles. The Labute approximate surface area is 99.4 Å². The van der Waals surface area contributed by atoms with E-state index in [0.717, 1.165) is 5.56 Å². The predicted octanol–water partition coefficient (Wildman–Crippen LogP) is 1.18. The number of hydrogen-bond donors (Lipinski definition) is 1. The summed E-state index contributed by atoms with van der Waals surface area (Å²) in [6.45, 7) is 1.85. The number of carbonyl (C=O) groups is 1. The average Bonchev–Trinajstić information content (AvgIpc) is 3.10. The Bertz CT molecular complexity index is 501. The van der Waals surface area contributed by atoms with Crippen LogP contribution in [0.4, 0.5) is 0 Å². The summed E-state index contributed by atoms with van der Waals surface area (Å²) in [7, 11) is 1.54. The molecule has 0 saturated heterocycles. The summed E-state index contributed by atoms with van der Waals surface area (Å²) in [5, 5.41) is 11.6. The monoisotopic (exact) mass is 231 g/mol. The summed E-state index contributed by atoms with van der Waals surface area (Å²) in [4.78, 5) is 15.9. The van der Waals surface area contributed by atoms with Crippen molar-refractivity contribution < 1.29 is 9.53 Å². The molecule has 1 aromatic rings. The van der Waals surface area contributed by atoms with Crippen molar-refractivity contribution in [1.29, 1.82) is 5.26 Å². The van der Waals surface area contributed by atoms with Gasteiger partial charge in [0.15, 0.2) is 0 Å². The minimum absolute atomic E-state index is 0.272. The number of amides is 1. The van der Waals surface area contributed by atoms with Crippen LogP contribution in [0.2, 0.25) is 0 Å². The highest BCUT2D eigenvalue weighted by atomic mass is 16.5. The van der Waals surface area contributed by atoms with Gasteiger partial charge in [0.25, 0.3) is 5.91 Å². The minimum Gasteiger partial charge on any atom is -0.496 e. The van der Waals surface area contributed by atoms with E-state index in [9.17, 15) is 4.79 Å². The molecule has 0 bridgehead atoms. The van der Waals surface area contributed by atoms with Crippen molar-refractivity contribution in [1.82, 2.24) is 10.3 Å². The van der Waals surface area contributed by atoms with Crippen LogP contribution in [-0.2, 0) is 0 Å². The molecule has 0 spiro atoms. The lowest BCUT2D eigenvalue weighted by Gasteiger charge is -2.10. The first kappa shape index (κ1) is 11.4. The van der Waals surface area contributed by atoms with E-state index in [1.165, 1.54) is 0 Å². The molecule has 1 saturated carbocycles. The van der Waals surface area contributed by atoms with Crippen LogP contribution in [0, 0.1) is 18.3 Å². The highest BCUT2D eigenvalue weighted by molar-refractivity contribution is 5.93. The molecule has 0 radical (unpaired) electrons. The fraction of sp³-hybridized carbons (Fsp3) is 0.417. The fourth-order valence-electron chi connectivity index (χ4n) is 1.52. The number of aryl methyl sites for hydroxylation is 1. The molecule has 0 unspecified atom stereocenters. The zero-order chi connectivity index (χ0) is 12.5. The SMILES string of the molecule is COc1cc(C(=O)NC2(C#N)CC2)ncc1C. The number of pyridine rings is 1. The third-order valence-electron chi connectivity index (χ3n) is 2.82. The molecule has 2 rings (SSSR count). The van der Waals surface area contributed by atoms with Crippen molar-refractivity contribution in [2.75, 3.05) is 7.11 Å². The van der Waals surface area contributed by atoms with Crippen LogP contribution in [0.3, 0.4) is 0 Å². The normalized spacial score (nSPS) is 15.8. The quantitative estimate of drug-likeness (QED) is 0.847. The molecule has 1 N–H and O–H groups in total. The third-order valence-corrected chi connectivity index (χ3v) is 2.82. The van der Waals surface area contributed by atoms with Gasteiger partial charge in [-0.25, -0.2) is 0 Å². The first-order valence-corrected chi connectivity index (χ1v) is 5.35. The van der Waals surface area contributed by atoms with E-state index in [-0.39, 0.29) is 11.6 Å². The number of aromatic nitrogens is 1. The maximum atomic E-state index is 11.9. The van der Waals surface area contributed by atoms with E-state index in [4.69, 9.17) is 10.00 Å². The summed E-state index contributed by atoms with van der Waals surface area (Å²) >= 11 is 0. The minimum atomic E-state index is -0.670. The second-order valence-corrected chi connectivity index (χ2v) is 4.19. The molecule has 1 aliphatic rings. The molecular formula is C12H13N3O2. The molecule has 5 heteroatoms. The van der Waals surface area contributed by atoms with Gasteiger partial charge in [-0.1, -0.05) is 0 Å². The summed E-state index contributed by atoms with van der Waals surface area (Å²) in [6.07, 6.45) is 3.00. The van der Waals surface area contributed by atoms with Crippen molar-refractivity contribution in [2.45, 2.75) is 25.3 Å². The zero-order valence-corrected chi connectivity index (χ0v) is 9.78. The van der Waals surface area contributed by atoms with E-state index in [0.29, 0.717) is 18.6 Å². The van der Waals surface area contributed by atoms with Crippen molar-refractivity contribution in [2.24, 2.45) is 0 Å². The van der Waals surface area contributed by atoms with Crippen LogP contribution in [0.1, 0.15) is 28.9 Å². The van der Waals surface area contributed by atoms with Crippen LogP contribution in [-0.4, -0.2) is 23.5 Å². The number of ether oxygens (including phenoxy) is 1. The second-order valence-electron chi connectivity index (χ2n) is 4.19. The van der Waals surface area contributed by atoms with Gasteiger partial charge in [0, 0.05) is 17.8 Å². The number of nitriles is 1. The van der Waals surface area contributed by atoms with Gasteiger partial charge < -0.3 is 10.1 Å². The lowest BCUT2D eigenvalue weighted by molar-refractivity contribution is 0.0936. The summed E-state index contributed by atoms with van der Waals surface area (Å²) in [6, 6.07) is 3.68. The van der Waals surface area contributed by atoms with Gasteiger partial charge in [-0.15, -0.1) is 0 Å². The summed E-state index contributed by atoms with van der Waals surface area (Å²) in [5.41, 5.74) is 0.469. The highest BCUT2D eigenvalue weighted by Crippen LogP contribution is 2.34. The lowest BCUT2D eigenvalue weighted by atomic mass is 10.2. The Balaban J connectivity index is 2.17. The Kier molecular flexibility index (Phi) is 2.72. The number of rotatable bonds is 3. The van der Waals surface area contributed by atoms with Crippen LogP contribution < -0.4 is 10.1 Å². The molecular weight excluding hydrogens is 218 g/mol. The third kappa shape index (κ3) is 2.21. The Hall–Kier alpha value is -2.09. The molecule has 1 fully saturated rings. The smallest absolute Gasteiger partial charge is 0.271 e. The largest absolute Gasteiger partial charge is 0.496 e. The Morgan fingerprint density at radius 2 is 2.35 bits per heavy atom. The fourth-order valence-corrected chi connectivity index (χ4v) is 1.52. The van der Waals surface area contributed by atoms with Gasteiger partial charge in [0.2, 0.25) is 0 Å². The molecule has 1 amide bonds. The maximum absolute atomic E-state index is 11.9. The second kappa shape index (κ2) is 4.06. The van der Waals surface area contributed by atoms with Crippen molar-refractivity contribution in [3.63, 3.8) is 0 Å². The predicted molar refractivity (Wildman–Crippen MR) is 60.6 cm³/mol. The van der Waals surface area contributed by atoms with Gasteiger partial charge in [-0.3, -0.25) is 9.78 Å². The molecule has 0 aromatic carbocycles. The summed E-state index contributed by atoms with van der Waals surface area (Å²) in [5.74, 6) is 0.286. The van der Waals surface area contributed by atoms with Crippen LogP contribution in [0.25, 0.3) is 0 Å². The first-order chi connectivity index (χ1) is 8.10. The zero-order valence-electron chi connectivity index (χ0n) is 9.78. The number of carbonyl (C=O) groups excluding carboxylic acids is 1. The Morgan fingerprint density at radius 1 is 1.65 bits per heavy atom. The van der Waals surface area contributed by atoms with Crippen molar-refractivity contribution >= 4 is 5.91 Å². The van der Waals surface area contributed by atoms with E-state index >= 15 is 0 Å². The van der Waals surface area contributed by atoms with Crippen LogP contribution in [0.5, 0.6) is 5.75 Å². The van der Waals surface area contributed by atoms with Crippen molar-refractivity contribution in [3.05, 3.63) is 23.5 Å². The molecule has 0 atom stereocenters. The first-order valence-electron chi connectivity index (χ1n) is 5.35. The molecule has 17 heavy (non-hydrogen) atoms. The number of hydrogen-bond acceptors (Lipinski definition) is 4.